The Morgan fingerprint density at radius 1 is 1.53 bits per heavy atom. The van der Waals surface area contributed by atoms with Crippen LogP contribution in [0.4, 0.5) is 0 Å². The van der Waals surface area contributed by atoms with E-state index in [9.17, 15) is 4.79 Å². The number of nitrogens with one attached hydrogen (secondary N) is 1. The minimum Gasteiger partial charge on any atom is -0.459 e. The lowest BCUT2D eigenvalue weighted by Gasteiger charge is -2.22. The van der Waals surface area contributed by atoms with Crippen molar-refractivity contribution < 1.29 is 9.53 Å². The lowest BCUT2D eigenvalue weighted by molar-refractivity contribution is -0.156. The van der Waals surface area contributed by atoms with E-state index in [0.717, 1.165) is 16.6 Å². The fourth-order valence-electron chi connectivity index (χ4n) is 1.86. The van der Waals surface area contributed by atoms with Gasteiger partial charge >= 0.3 is 5.97 Å². The zero-order chi connectivity index (χ0) is 14.0. The van der Waals surface area contributed by atoms with Crippen LogP contribution in [-0.2, 0) is 16.0 Å². The monoisotopic (exact) mass is 261 g/mol. The highest BCUT2D eigenvalue weighted by Crippen LogP contribution is 2.17. The number of pyridine rings is 1. The smallest absolute Gasteiger partial charge is 0.323 e. The molecule has 5 nitrogen and oxygen atoms in total. The molecule has 0 saturated heterocycles. The van der Waals surface area contributed by atoms with Gasteiger partial charge in [0.15, 0.2) is 0 Å². The van der Waals surface area contributed by atoms with Crippen molar-refractivity contribution in [1.82, 2.24) is 9.97 Å². The highest BCUT2D eigenvalue weighted by Gasteiger charge is 2.23. The van der Waals surface area contributed by atoms with E-state index in [2.05, 4.69) is 9.97 Å². The number of hydrogen-bond donors (Lipinski definition) is 2. The predicted octanol–water partition coefficient (Wildman–Crippen LogP) is 1.77. The largest absolute Gasteiger partial charge is 0.459 e. The Bertz CT molecular complexity index is 584. The molecule has 2 rings (SSSR count). The highest BCUT2D eigenvalue weighted by atomic mass is 16.6. The maximum absolute atomic E-state index is 11.8. The van der Waals surface area contributed by atoms with Gasteiger partial charge in [-0.15, -0.1) is 0 Å². The van der Waals surface area contributed by atoms with E-state index in [-0.39, 0.29) is 0 Å². The number of fused-ring (bicyclic) bond motifs is 1. The molecule has 19 heavy (non-hydrogen) atoms. The van der Waals surface area contributed by atoms with Crippen molar-refractivity contribution in [1.29, 1.82) is 0 Å². The van der Waals surface area contributed by atoms with E-state index < -0.39 is 17.6 Å². The van der Waals surface area contributed by atoms with Crippen LogP contribution in [0, 0.1) is 0 Å². The summed E-state index contributed by atoms with van der Waals surface area (Å²) < 4.78 is 5.27. The molecule has 0 fully saturated rings. The van der Waals surface area contributed by atoms with Crippen LogP contribution in [0.2, 0.25) is 0 Å². The summed E-state index contributed by atoms with van der Waals surface area (Å²) in [6.07, 6.45) is 3.96. The van der Waals surface area contributed by atoms with Gasteiger partial charge in [-0.1, -0.05) is 0 Å². The Morgan fingerprint density at radius 3 is 2.95 bits per heavy atom. The Hall–Kier alpha value is -1.88. The number of carbonyl (C=O) groups excluding carboxylic acids is 1. The molecule has 5 heteroatoms. The zero-order valence-corrected chi connectivity index (χ0v) is 11.4. The van der Waals surface area contributed by atoms with Gasteiger partial charge in [0.1, 0.15) is 11.6 Å². The van der Waals surface area contributed by atoms with E-state index in [1.54, 1.807) is 6.20 Å². The Balaban J connectivity index is 2.10. The van der Waals surface area contributed by atoms with Crippen LogP contribution in [0.5, 0.6) is 0 Å². The number of ether oxygens (including phenoxy) is 1. The molecule has 0 bridgehead atoms. The molecule has 0 aromatic carbocycles. The fourth-order valence-corrected chi connectivity index (χ4v) is 1.86. The standard InChI is InChI=1S/C14H19N3O2/c1-14(2,3)19-13(18)10(15)7-9-8-17-11-5-4-6-16-12(9)11/h4-6,8,10,17H,7,15H2,1-3H3/t10-/m0/s1. The first-order valence-electron chi connectivity index (χ1n) is 6.26. The second-order valence-corrected chi connectivity index (χ2v) is 5.56. The summed E-state index contributed by atoms with van der Waals surface area (Å²) in [4.78, 5) is 19.2. The molecule has 2 aromatic rings. The van der Waals surface area contributed by atoms with Crippen LogP contribution in [-0.4, -0.2) is 27.6 Å². The third-order valence-electron chi connectivity index (χ3n) is 2.66. The molecule has 2 aromatic heterocycles. The average Bonchev–Trinajstić information content (AvgIpc) is 2.70. The molecule has 0 aliphatic carbocycles. The van der Waals surface area contributed by atoms with Crippen molar-refractivity contribution in [3.05, 3.63) is 30.1 Å². The van der Waals surface area contributed by atoms with Gasteiger partial charge in [0, 0.05) is 18.8 Å². The molecule has 0 spiro atoms. The van der Waals surface area contributed by atoms with E-state index in [4.69, 9.17) is 10.5 Å². The first-order valence-corrected chi connectivity index (χ1v) is 6.26. The summed E-state index contributed by atoms with van der Waals surface area (Å²) in [6.45, 7) is 5.47. The molecule has 2 heterocycles. The van der Waals surface area contributed by atoms with Crippen LogP contribution < -0.4 is 5.73 Å². The summed E-state index contributed by atoms with van der Waals surface area (Å²) in [5, 5.41) is 0. The number of hydrogen-bond acceptors (Lipinski definition) is 4. The summed E-state index contributed by atoms with van der Waals surface area (Å²) in [5.74, 6) is -0.391. The number of nitrogens with zero attached hydrogens (tertiary/aromatic N) is 1. The molecule has 3 N–H and O–H groups in total. The summed E-state index contributed by atoms with van der Waals surface area (Å²) in [6, 6.07) is 3.11. The van der Waals surface area contributed by atoms with Crippen LogP contribution in [0.1, 0.15) is 26.3 Å². The van der Waals surface area contributed by atoms with Gasteiger partial charge in [-0.3, -0.25) is 9.78 Å². The topological polar surface area (TPSA) is 81.0 Å². The number of nitrogens with two attached hydrogens (primary N) is 1. The van der Waals surface area contributed by atoms with Gasteiger partial charge in [-0.05, 0) is 38.5 Å². The minimum absolute atomic E-state index is 0.391. The Kier molecular flexibility index (Phi) is 3.57. The van der Waals surface area contributed by atoms with E-state index in [1.165, 1.54) is 0 Å². The van der Waals surface area contributed by atoms with Gasteiger partial charge in [0.2, 0.25) is 0 Å². The third-order valence-corrected chi connectivity index (χ3v) is 2.66. The van der Waals surface area contributed by atoms with Gasteiger partial charge in [-0.2, -0.15) is 0 Å². The van der Waals surface area contributed by atoms with Crippen molar-refractivity contribution in [2.75, 3.05) is 0 Å². The molecular formula is C14H19N3O2. The van der Waals surface area contributed by atoms with Crippen molar-refractivity contribution in [3.8, 4) is 0 Å². The number of aromatic amines is 1. The molecule has 0 amide bonds. The molecular weight excluding hydrogens is 242 g/mol. The molecule has 0 unspecified atom stereocenters. The molecule has 0 aliphatic heterocycles. The zero-order valence-electron chi connectivity index (χ0n) is 11.4. The van der Waals surface area contributed by atoms with E-state index >= 15 is 0 Å². The van der Waals surface area contributed by atoms with Gasteiger partial charge in [0.05, 0.1) is 11.0 Å². The molecule has 1 atom stereocenters. The maximum Gasteiger partial charge on any atom is 0.323 e. The second-order valence-electron chi connectivity index (χ2n) is 5.56. The first-order chi connectivity index (χ1) is 8.87. The van der Waals surface area contributed by atoms with Gasteiger partial charge in [0.25, 0.3) is 0 Å². The average molecular weight is 261 g/mol. The lowest BCUT2D eigenvalue weighted by atomic mass is 10.1. The van der Waals surface area contributed by atoms with E-state index in [1.807, 2.05) is 39.1 Å². The first kappa shape index (κ1) is 13.5. The van der Waals surface area contributed by atoms with Crippen LogP contribution >= 0.6 is 0 Å². The number of aromatic nitrogens is 2. The lowest BCUT2D eigenvalue weighted by Crippen LogP contribution is -2.38. The van der Waals surface area contributed by atoms with Crippen molar-refractivity contribution in [2.24, 2.45) is 5.73 Å². The molecule has 0 aliphatic rings. The summed E-state index contributed by atoms with van der Waals surface area (Å²) >= 11 is 0. The van der Waals surface area contributed by atoms with Gasteiger partial charge in [-0.25, -0.2) is 0 Å². The highest BCUT2D eigenvalue weighted by molar-refractivity contribution is 5.81. The molecule has 0 saturated carbocycles. The Morgan fingerprint density at radius 2 is 2.26 bits per heavy atom. The molecule has 102 valence electrons. The minimum atomic E-state index is -0.680. The van der Waals surface area contributed by atoms with Gasteiger partial charge < -0.3 is 15.5 Å². The quantitative estimate of drug-likeness (QED) is 0.825. The normalized spacial score (nSPS) is 13.5. The predicted molar refractivity (Wildman–Crippen MR) is 73.6 cm³/mol. The third kappa shape index (κ3) is 3.32. The number of carbonyl (C=O) groups is 1. The fraction of sp³-hybridized carbons (Fsp3) is 0.429. The maximum atomic E-state index is 11.8. The van der Waals surface area contributed by atoms with Crippen molar-refractivity contribution in [2.45, 2.75) is 38.8 Å². The van der Waals surface area contributed by atoms with Crippen LogP contribution in [0.3, 0.4) is 0 Å². The van der Waals surface area contributed by atoms with Crippen LogP contribution in [0.15, 0.2) is 24.5 Å². The summed E-state index contributed by atoms with van der Waals surface area (Å²) in [5.41, 5.74) is 8.08. The van der Waals surface area contributed by atoms with Crippen LogP contribution in [0.25, 0.3) is 11.0 Å². The Labute approximate surface area is 112 Å². The van der Waals surface area contributed by atoms with Crippen molar-refractivity contribution in [3.63, 3.8) is 0 Å². The summed E-state index contributed by atoms with van der Waals surface area (Å²) in [7, 11) is 0. The SMILES string of the molecule is CC(C)(C)OC(=O)[C@@H](N)Cc1c[nH]c2cccnc12. The number of esters is 1. The molecule has 0 radical (unpaired) electrons. The van der Waals surface area contributed by atoms with E-state index in [0.29, 0.717) is 6.42 Å². The number of rotatable bonds is 3. The second kappa shape index (κ2) is 5.01. The number of H-pyrrole nitrogens is 1. The van der Waals surface area contributed by atoms with Crippen molar-refractivity contribution >= 4 is 17.0 Å².